The van der Waals surface area contributed by atoms with E-state index in [0.29, 0.717) is 19.3 Å². The van der Waals surface area contributed by atoms with Gasteiger partial charge in [-0.3, -0.25) is 4.99 Å². The van der Waals surface area contributed by atoms with Crippen molar-refractivity contribution in [1.82, 2.24) is 10.6 Å². The van der Waals surface area contributed by atoms with Gasteiger partial charge in [0, 0.05) is 33.4 Å². The number of hydrogen-bond acceptors (Lipinski definition) is 4. The maximum Gasteiger partial charge on any atom is 0.190 e. The van der Waals surface area contributed by atoms with Crippen LogP contribution in [0.25, 0.3) is 0 Å². The van der Waals surface area contributed by atoms with Crippen LogP contribution in [0.15, 0.2) is 27.8 Å². The molecule has 0 bridgehead atoms. The zero-order valence-electron chi connectivity index (χ0n) is 16.3. The topological polar surface area (TPSA) is 68.0 Å². The SMILES string of the molecule is CCOC(CCNC(=NC)NCCCOCc1ccco1)C1CCCC1. The van der Waals surface area contributed by atoms with Gasteiger partial charge in [0.1, 0.15) is 12.4 Å². The summed E-state index contributed by atoms with van der Waals surface area (Å²) < 4.78 is 16.8. The van der Waals surface area contributed by atoms with Crippen LogP contribution in [-0.4, -0.2) is 45.4 Å². The Labute approximate surface area is 157 Å². The summed E-state index contributed by atoms with van der Waals surface area (Å²) in [5.41, 5.74) is 0. The van der Waals surface area contributed by atoms with Gasteiger partial charge in [-0.1, -0.05) is 12.8 Å². The fraction of sp³-hybridized carbons (Fsp3) is 0.750. The number of nitrogens with zero attached hydrogens (tertiary/aromatic N) is 1. The summed E-state index contributed by atoms with van der Waals surface area (Å²) in [6, 6.07) is 3.80. The van der Waals surface area contributed by atoms with Crippen molar-refractivity contribution in [2.75, 3.05) is 33.4 Å². The Kier molecular flexibility index (Phi) is 10.2. The van der Waals surface area contributed by atoms with Crippen molar-refractivity contribution >= 4 is 5.96 Å². The lowest BCUT2D eigenvalue weighted by Crippen LogP contribution is -2.40. The molecule has 2 N–H and O–H groups in total. The maximum absolute atomic E-state index is 5.97. The second kappa shape index (κ2) is 12.8. The van der Waals surface area contributed by atoms with Crippen LogP contribution in [0, 0.1) is 5.92 Å². The van der Waals surface area contributed by atoms with E-state index in [9.17, 15) is 0 Å². The summed E-state index contributed by atoms with van der Waals surface area (Å²) >= 11 is 0. The third-order valence-electron chi connectivity index (χ3n) is 4.83. The molecule has 1 aromatic rings. The molecular formula is C20H35N3O3. The Morgan fingerprint density at radius 1 is 1.31 bits per heavy atom. The summed E-state index contributed by atoms with van der Waals surface area (Å²) in [5.74, 6) is 2.44. The monoisotopic (exact) mass is 365 g/mol. The minimum Gasteiger partial charge on any atom is -0.467 e. The Morgan fingerprint density at radius 2 is 2.12 bits per heavy atom. The van der Waals surface area contributed by atoms with Gasteiger partial charge in [0.2, 0.25) is 0 Å². The highest BCUT2D eigenvalue weighted by molar-refractivity contribution is 5.79. The molecular weight excluding hydrogens is 330 g/mol. The molecule has 1 atom stereocenters. The van der Waals surface area contributed by atoms with Crippen LogP contribution in [0.4, 0.5) is 0 Å². The van der Waals surface area contributed by atoms with Crippen molar-refractivity contribution in [3.8, 4) is 0 Å². The molecule has 0 radical (unpaired) electrons. The number of nitrogens with one attached hydrogen (secondary N) is 2. The molecule has 0 saturated heterocycles. The van der Waals surface area contributed by atoms with E-state index in [1.54, 1.807) is 13.3 Å². The van der Waals surface area contributed by atoms with Crippen molar-refractivity contribution < 1.29 is 13.9 Å². The number of furan rings is 1. The lowest BCUT2D eigenvalue weighted by atomic mass is 9.98. The third kappa shape index (κ3) is 7.79. The lowest BCUT2D eigenvalue weighted by molar-refractivity contribution is 0.0169. The fourth-order valence-electron chi connectivity index (χ4n) is 3.50. The van der Waals surface area contributed by atoms with Gasteiger partial charge >= 0.3 is 0 Å². The average Bonchev–Trinajstić information content (AvgIpc) is 3.36. The normalized spacial score (nSPS) is 16.8. The Balaban J connectivity index is 1.53. The maximum atomic E-state index is 5.97. The van der Waals surface area contributed by atoms with Crippen LogP contribution in [0.2, 0.25) is 0 Å². The van der Waals surface area contributed by atoms with E-state index in [4.69, 9.17) is 13.9 Å². The number of rotatable bonds is 12. The fourth-order valence-corrected chi connectivity index (χ4v) is 3.50. The quantitative estimate of drug-likeness (QED) is 0.338. The summed E-state index contributed by atoms with van der Waals surface area (Å²) in [6.45, 7) is 5.82. The second-order valence-electron chi connectivity index (χ2n) is 6.74. The zero-order valence-corrected chi connectivity index (χ0v) is 16.3. The molecule has 0 spiro atoms. The van der Waals surface area contributed by atoms with E-state index in [2.05, 4.69) is 22.5 Å². The van der Waals surface area contributed by atoms with Crippen LogP contribution in [0.5, 0.6) is 0 Å². The van der Waals surface area contributed by atoms with Crippen molar-refractivity contribution in [3.63, 3.8) is 0 Å². The number of aliphatic imine (C=N–C) groups is 1. The highest BCUT2D eigenvalue weighted by Crippen LogP contribution is 2.30. The van der Waals surface area contributed by atoms with Crippen molar-refractivity contribution in [2.24, 2.45) is 10.9 Å². The summed E-state index contributed by atoms with van der Waals surface area (Å²) in [6.07, 6.45) is 9.34. The van der Waals surface area contributed by atoms with Gasteiger partial charge in [-0.25, -0.2) is 0 Å². The van der Waals surface area contributed by atoms with Gasteiger partial charge in [0.25, 0.3) is 0 Å². The first-order valence-corrected chi connectivity index (χ1v) is 9.99. The van der Waals surface area contributed by atoms with Crippen LogP contribution < -0.4 is 10.6 Å². The Bertz CT molecular complexity index is 485. The van der Waals surface area contributed by atoms with E-state index in [1.165, 1.54) is 25.7 Å². The summed E-state index contributed by atoms with van der Waals surface area (Å²) in [4.78, 5) is 4.28. The Morgan fingerprint density at radius 3 is 2.81 bits per heavy atom. The predicted molar refractivity (Wildman–Crippen MR) is 104 cm³/mol. The molecule has 26 heavy (non-hydrogen) atoms. The van der Waals surface area contributed by atoms with E-state index >= 15 is 0 Å². The molecule has 0 aromatic carbocycles. The number of guanidine groups is 1. The van der Waals surface area contributed by atoms with E-state index in [0.717, 1.165) is 50.2 Å². The molecule has 1 aromatic heterocycles. The largest absolute Gasteiger partial charge is 0.467 e. The number of hydrogen-bond donors (Lipinski definition) is 2. The first-order chi connectivity index (χ1) is 12.8. The van der Waals surface area contributed by atoms with Crippen LogP contribution >= 0.6 is 0 Å². The van der Waals surface area contributed by atoms with E-state index in [-0.39, 0.29) is 0 Å². The van der Waals surface area contributed by atoms with Gasteiger partial charge in [-0.15, -0.1) is 0 Å². The van der Waals surface area contributed by atoms with Gasteiger partial charge in [-0.2, -0.15) is 0 Å². The van der Waals surface area contributed by atoms with Gasteiger partial charge in [0.15, 0.2) is 5.96 Å². The van der Waals surface area contributed by atoms with Gasteiger partial charge < -0.3 is 24.5 Å². The van der Waals surface area contributed by atoms with Crippen molar-refractivity contribution in [3.05, 3.63) is 24.2 Å². The molecule has 1 heterocycles. The van der Waals surface area contributed by atoms with E-state index in [1.807, 2.05) is 12.1 Å². The van der Waals surface area contributed by atoms with Gasteiger partial charge in [-0.05, 0) is 50.7 Å². The molecule has 2 rings (SSSR count). The van der Waals surface area contributed by atoms with Crippen molar-refractivity contribution in [2.45, 2.75) is 58.2 Å². The molecule has 1 unspecified atom stereocenters. The average molecular weight is 366 g/mol. The minimum atomic E-state index is 0.378. The van der Waals surface area contributed by atoms with Crippen LogP contribution in [-0.2, 0) is 16.1 Å². The predicted octanol–water partition coefficient (Wildman–Crippen LogP) is 3.34. The third-order valence-corrected chi connectivity index (χ3v) is 4.83. The van der Waals surface area contributed by atoms with Crippen LogP contribution in [0.3, 0.4) is 0 Å². The molecule has 1 saturated carbocycles. The molecule has 1 fully saturated rings. The molecule has 148 valence electrons. The van der Waals surface area contributed by atoms with Gasteiger partial charge in [0.05, 0.1) is 12.4 Å². The first-order valence-electron chi connectivity index (χ1n) is 9.99. The van der Waals surface area contributed by atoms with E-state index < -0.39 is 0 Å². The lowest BCUT2D eigenvalue weighted by Gasteiger charge is -2.24. The molecule has 0 aliphatic heterocycles. The zero-order chi connectivity index (χ0) is 18.5. The molecule has 0 amide bonds. The molecule has 6 nitrogen and oxygen atoms in total. The minimum absolute atomic E-state index is 0.378. The molecule has 1 aliphatic carbocycles. The highest BCUT2D eigenvalue weighted by atomic mass is 16.5. The first kappa shape index (κ1) is 20.8. The number of ether oxygens (including phenoxy) is 2. The second-order valence-corrected chi connectivity index (χ2v) is 6.74. The highest BCUT2D eigenvalue weighted by Gasteiger charge is 2.24. The van der Waals surface area contributed by atoms with Crippen LogP contribution in [0.1, 0.15) is 51.2 Å². The summed E-state index contributed by atoms with van der Waals surface area (Å²) in [5, 5.41) is 6.73. The Hall–Kier alpha value is -1.53. The smallest absolute Gasteiger partial charge is 0.190 e. The van der Waals surface area contributed by atoms with Crippen molar-refractivity contribution in [1.29, 1.82) is 0 Å². The standard InChI is InChI=1S/C20H35N3O3/c1-3-25-19(17-8-4-5-9-17)11-13-23-20(21-2)22-12-7-14-24-16-18-10-6-15-26-18/h6,10,15,17,19H,3-5,7-9,11-14,16H2,1-2H3,(H2,21,22,23). The molecule has 1 aliphatic rings. The summed E-state index contributed by atoms with van der Waals surface area (Å²) in [7, 11) is 1.81. The molecule has 6 heteroatoms.